The minimum absolute atomic E-state index is 0.115. The van der Waals surface area contributed by atoms with Gasteiger partial charge >= 0.3 is 5.97 Å². The van der Waals surface area contributed by atoms with Gasteiger partial charge in [-0.05, 0) is 80.0 Å². The van der Waals surface area contributed by atoms with Crippen LogP contribution in [0.25, 0.3) is 0 Å². The highest BCUT2D eigenvalue weighted by Crippen LogP contribution is 2.23. The summed E-state index contributed by atoms with van der Waals surface area (Å²) in [6.45, 7) is 3.25. The number of benzene rings is 2. The van der Waals surface area contributed by atoms with Gasteiger partial charge in [0, 0.05) is 17.5 Å². The Bertz CT molecular complexity index is 775. The number of fused-ring (bicyclic) bond motifs is 1. The number of nitrogens with one attached hydrogen (secondary N) is 1. The van der Waals surface area contributed by atoms with Crippen molar-refractivity contribution in [1.82, 2.24) is 5.32 Å². The van der Waals surface area contributed by atoms with Crippen molar-refractivity contribution in [3.63, 3.8) is 0 Å². The van der Waals surface area contributed by atoms with Crippen molar-refractivity contribution in [2.75, 3.05) is 13.2 Å². The minimum atomic E-state index is -0.115. The summed E-state index contributed by atoms with van der Waals surface area (Å²) in [7, 11) is 0. The third-order valence-corrected chi connectivity index (χ3v) is 5.39. The first-order valence-electron chi connectivity index (χ1n) is 9.88. The smallest absolute Gasteiger partial charge is 0.306 e. The average molecular weight is 386 g/mol. The first-order valence-corrected chi connectivity index (χ1v) is 10.3. The molecule has 0 saturated carbocycles. The van der Waals surface area contributed by atoms with Gasteiger partial charge in [0.2, 0.25) is 0 Å². The quantitative estimate of drug-likeness (QED) is 0.678. The Morgan fingerprint density at radius 2 is 2.00 bits per heavy atom. The molecule has 0 aromatic heterocycles. The molecule has 3 nitrogen and oxygen atoms in total. The largest absolute Gasteiger partial charge is 0.466 e. The molecule has 1 unspecified atom stereocenters. The first-order chi connectivity index (χ1) is 13.1. The maximum Gasteiger partial charge on any atom is 0.306 e. The summed E-state index contributed by atoms with van der Waals surface area (Å²) in [5.41, 5.74) is 5.36. The molecule has 0 bridgehead atoms. The van der Waals surface area contributed by atoms with Gasteiger partial charge in [-0.15, -0.1) is 0 Å². The maximum absolute atomic E-state index is 11.6. The fourth-order valence-corrected chi connectivity index (χ4v) is 3.95. The van der Waals surface area contributed by atoms with Crippen LogP contribution in [-0.4, -0.2) is 25.2 Å². The first kappa shape index (κ1) is 19.9. The van der Waals surface area contributed by atoms with Crippen LogP contribution in [0.15, 0.2) is 42.5 Å². The molecule has 0 aliphatic heterocycles. The third kappa shape index (κ3) is 6.08. The fourth-order valence-electron chi connectivity index (χ4n) is 3.73. The molecule has 2 aromatic rings. The number of hydrogen-bond donors (Lipinski definition) is 1. The number of aryl methyl sites for hydroxylation is 2. The highest BCUT2D eigenvalue weighted by atomic mass is 35.5. The van der Waals surface area contributed by atoms with Gasteiger partial charge in [-0.3, -0.25) is 4.79 Å². The predicted octanol–water partition coefficient (Wildman–Crippen LogP) is 4.53. The Labute approximate surface area is 167 Å². The van der Waals surface area contributed by atoms with E-state index in [1.807, 2.05) is 25.1 Å². The molecule has 144 valence electrons. The van der Waals surface area contributed by atoms with Gasteiger partial charge in [0.05, 0.1) is 6.61 Å². The van der Waals surface area contributed by atoms with Gasteiger partial charge in [0.15, 0.2) is 0 Å². The molecule has 27 heavy (non-hydrogen) atoms. The van der Waals surface area contributed by atoms with E-state index < -0.39 is 0 Å². The lowest BCUT2D eigenvalue weighted by molar-refractivity contribution is -0.143. The second kappa shape index (κ2) is 9.91. The van der Waals surface area contributed by atoms with Crippen molar-refractivity contribution in [2.45, 2.75) is 51.5 Å². The molecule has 0 spiro atoms. The molecule has 0 saturated heterocycles. The molecule has 0 heterocycles. The van der Waals surface area contributed by atoms with Gasteiger partial charge < -0.3 is 10.1 Å². The number of rotatable bonds is 8. The zero-order valence-electron chi connectivity index (χ0n) is 16.0. The highest BCUT2D eigenvalue weighted by molar-refractivity contribution is 6.30. The average Bonchev–Trinajstić information content (AvgIpc) is 2.66. The van der Waals surface area contributed by atoms with Crippen molar-refractivity contribution in [3.8, 4) is 0 Å². The van der Waals surface area contributed by atoms with Gasteiger partial charge in [-0.2, -0.15) is 0 Å². The lowest BCUT2D eigenvalue weighted by Crippen LogP contribution is -2.35. The van der Waals surface area contributed by atoms with E-state index in [1.54, 1.807) is 0 Å². The summed E-state index contributed by atoms with van der Waals surface area (Å²) in [6, 6.07) is 15.3. The second-order valence-corrected chi connectivity index (χ2v) is 7.62. The van der Waals surface area contributed by atoms with Crippen molar-refractivity contribution in [2.24, 2.45) is 0 Å². The van der Waals surface area contributed by atoms with Gasteiger partial charge in [-0.25, -0.2) is 0 Å². The van der Waals surface area contributed by atoms with Gasteiger partial charge in [-0.1, -0.05) is 41.9 Å². The normalized spacial score (nSPS) is 16.0. The monoisotopic (exact) mass is 385 g/mol. The van der Waals surface area contributed by atoms with E-state index in [1.165, 1.54) is 28.7 Å². The van der Waals surface area contributed by atoms with Crippen LogP contribution < -0.4 is 5.32 Å². The molecule has 0 amide bonds. The molecular formula is C23H28ClNO2. The topological polar surface area (TPSA) is 38.3 Å². The Kier molecular flexibility index (Phi) is 7.31. The molecule has 1 N–H and O–H groups in total. The van der Waals surface area contributed by atoms with Crippen molar-refractivity contribution >= 4 is 17.6 Å². The molecule has 1 aliphatic carbocycles. The predicted molar refractivity (Wildman–Crippen MR) is 110 cm³/mol. The molecule has 1 aliphatic rings. The second-order valence-electron chi connectivity index (χ2n) is 7.18. The summed E-state index contributed by atoms with van der Waals surface area (Å²) in [5.74, 6) is -0.115. The summed E-state index contributed by atoms with van der Waals surface area (Å²) in [6.07, 6.45) is 5.53. The standard InChI is InChI=1S/C23H28ClNO2/c1-2-27-23(26)11-7-18-6-8-19-9-10-22(16-20(19)14-18)25-13-12-17-4-3-5-21(24)15-17/h3-6,8,14-15,22,25H,2,7,9-13,16H2,1H3. The molecular weight excluding hydrogens is 358 g/mol. The van der Waals surface area contributed by atoms with E-state index >= 15 is 0 Å². The summed E-state index contributed by atoms with van der Waals surface area (Å²) in [4.78, 5) is 11.6. The molecule has 0 radical (unpaired) electrons. The number of carbonyl (C=O) groups is 1. The van der Waals surface area contributed by atoms with Crippen LogP contribution in [0.3, 0.4) is 0 Å². The van der Waals surface area contributed by atoms with E-state index in [9.17, 15) is 4.79 Å². The Morgan fingerprint density at radius 1 is 1.15 bits per heavy atom. The molecule has 2 aromatic carbocycles. The summed E-state index contributed by atoms with van der Waals surface area (Å²) >= 11 is 6.06. The maximum atomic E-state index is 11.6. The molecule has 4 heteroatoms. The zero-order valence-corrected chi connectivity index (χ0v) is 16.7. The van der Waals surface area contributed by atoms with Crippen LogP contribution in [0, 0.1) is 0 Å². The van der Waals surface area contributed by atoms with Crippen molar-refractivity contribution in [1.29, 1.82) is 0 Å². The number of carbonyl (C=O) groups excluding carboxylic acids is 1. The van der Waals surface area contributed by atoms with Gasteiger partial charge in [0.25, 0.3) is 0 Å². The Morgan fingerprint density at radius 3 is 2.81 bits per heavy atom. The summed E-state index contributed by atoms with van der Waals surface area (Å²) < 4.78 is 5.02. The van der Waals surface area contributed by atoms with Crippen molar-refractivity contribution in [3.05, 3.63) is 69.7 Å². The van der Waals surface area contributed by atoms with Crippen LogP contribution in [0.5, 0.6) is 0 Å². The Hall–Kier alpha value is -1.84. The minimum Gasteiger partial charge on any atom is -0.466 e. The lowest BCUT2D eigenvalue weighted by atomic mass is 9.86. The number of esters is 1. The molecule has 3 rings (SSSR count). The number of halogens is 1. The van der Waals surface area contributed by atoms with Crippen LogP contribution in [0.1, 0.15) is 42.0 Å². The molecule has 1 atom stereocenters. The van der Waals surface area contributed by atoms with Crippen LogP contribution in [0.2, 0.25) is 5.02 Å². The fraction of sp³-hybridized carbons (Fsp3) is 0.435. The molecule has 0 fully saturated rings. The van der Waals surface area contributed by atoms with Gasteiger partial charge in [0.1, 0.15) is 0 Å². The Balaban J connectivity index is 1.50. The number of hydrogen-bond acceptors (Lipinski definition) is 3. The van der Waals surface area contributed by atoms with Crippen LogP contribution in [0.4, 0.5) is 0 Å². The van der Waals surface area contributed by atoms with Crippen molar-refractivity contribution < 1.29 is 9.53 Å². The van der Waals surface area contributed by atoms with E-state index in [4.69, 9.17) is 16.3 Å². The number of ether oxygens (including phenoxy) is 1. The SMILES string of the molecule is CCOC(=O)CCc1ccc2c(c1)CC(NCCc1cccc(Cl)c1)CC2. The lowest BCUT2D eigenvalue weighted by Gasteiger charge is -2.26. The summed E-state index contributed by atoms with van der Waals surface area (Å²) in [5, 5.41) is 4.50. The third-order valence-electron chi connectivity index (χ3n) is 5.16. The highest BCUT2D eigenvalue weighted by Gasteiger charge is 2.18. The van der Waals surface area contributed by atoms with E-state index in [-0.39, 0.29) is 5.97 Å². The van der Waals surface area contributed by atoms with Crippen LogP contribution >= 0.6 is 11.6 Å². The van der Waals surface area contributed by atoms with E-state index in [0.717, 1.165) is 37.3 Å². The zero-order chi connectivity index (χ0) is 19.1. The van der Waals surface area contributed by atoms with E-state index in [2.05, 4.69) is 29.6 Å². The van der Waals surface area contributed by atoms with Crippen LogP contribution in [-0.2, 0) is 35.2 Å². The van der Waals surface area contributed by atoms with E-state index in [0.29, 0.717) is 19.1 Å².